The van der Waals surface area contributed by atoms with E-state index in [9.17, 15) is 32.8 Å². The van der Waals surface area contributed by atoms with Crippen LogP contribution in [0.4, 0.5) is 8.78 Å². The number of hydrogen-bond donors (Lipinski definition) is 0. The van der Waals surface area contributed by atoms with Crippen LogP contribution in [0.25, 0.3) is 0 Å². The van der Waals surface area contributed by atoms with Gasteiger partial charge in [-0.3, -0.25) is 18.7 Å². The molecule has 2 heterocycles. The predicted molar refractivity (Wildman–Crippen MR) is 146 cm³/mol. The van der Waals surface area contributed by atoms with E-state index in [1.54, 1.807) is 47.6 Å². The fourth-order valence-corrected chi connectivity index (χ4v) is 4.01. The maximum Gasteiger partial charge on any atom is 0.329 e. The number of halogens is 2. The second-order valence-electron chi connectivity index (χ2n) is 9.56. The quantitative estimate of drug-likeness (QED) is 0.218. The van der Waals surface area contributed by atoms with E-state index in [0.717, 1.165) is 15.2 Å². The largest absolute Gasteiger partial charge is 0.464 e. The number of rotatable bonds is 12. The summed E-state index contributed by atoms with van der Waals surface area (Å²) >= 11 is 0. The van der Waals surface area contributed by atoms with E-state index in [1.807, 2.05) is 0 Å². The van der Waals surface area contributed by atoms with Crippen molar-refractivity contribution in [1.82, 2.24) is 9.13 Å². The third-order valence-electron chi connectivity index (χ3n) is 5.73. The van der Waals surface area contributed by atoms with Gasteiger partial charge >= 0.3 is 11.9 Å². The van der Waals surface area contributed by atoms with E-state index in [-0.39, 0.29) is 31.5 Å². The predicted octanol–water partition coefficient (Wildman–Crippen LogP) is 3.97. The molecule has 0 bridgehead atoms. The first-order valence-corrected chi connectivity index (χ1v) is 13.0. The highest BCUT2D eigenvalue weighted by Crippen LogP contribution is 2.20. The summed E-state index contributed by atoms with van der Waals surface area (Å²) in [5, 5.41) is 0. The Labute approximate surface area is 232 Å². The monoisotopic (exact) mass is 564 g/mol. The van der Waals surface area contributed by atoms with Crippen molar-refractivity contribution < 1.29 is 32.6 Å². The SMILES string of the molecule is C=CCc1cc(F)c(=O)n(C(C(=O)OCC)C(C)C)c1.CCOC(=O)C(C(C)C)n1cc(CC=O)cc(F)c1=O. The molecule has 2 atom stereocenters. The molecule has 2 rings (SSSR count). The van der Waals surface area contributed by atoms with Crippen molar-refractivity contribution in [3.05, 3.63) is 80.7 Å². The van der Waals surface area contributed by atoms with Crippen molar-refractivity contribution in [3.63, 3.8) is 0 Å². The van der Waals surface area contributed by atoms with E-state index in [0.29, 0.717) is 23.8 Å². The minimum absolute atomic E-state index is 0.0230. The molecule has 0 saturated heterocycles. The number of aldehydes is 1. The zero-order valence-corrected chi connectivity index (χ0v) is 23.8. The first kappa shape index (κ1) is 34.1. The fraction of sp³-hybridized carbons (Fsp3) is 0.483. The van der Waals surface area contributed by atoms with Gasteiger partial charge in [0.05, 0.1) is 13.2 Å². The van der Waals surface area contributed by atoms with E-state index < -0.39 is 46.8 Å². The van der Waals surface area contributed by atoms with Crippen molar-refractivity contribution in [2.45, 2.75) is 66.5 Å². The van der Waals surface area contributed by atoms with Gasteiger partial charge in [0, 0.05) is 18.8 Å². The molecule has 0 aliphatic heterocycles. The van der Waals surface area contributed by atoms with Crippen LogP contribution in [-0.4, -0.2) is 40.6 Å². The van der Waals surface area contributed by atoms with Gasteiger partial charge in [0.1, 0.15) is 18.4 Å². The molecular formula is C29H38F2N2O7. The Hall–Kier alpha value is -3.89. The summed E-state index contributed by atoms with van der Waals surface area (Å²) in [6, 6.07) is 0.434. The molecule has 0 aliphatic carbocycles. The van der Waals surface area contributed by atoms with Gasteiger partial charge in [-0.1, -0.05) is 33.8 Å². The molecule has 2 unspecified atom stereocenters. The van der Waals surface area contributed by atoms with Gasteiger partial charge in [-0.05, 0) is 55.4 Å². The van der Waals surface area contributed by atoms with Gasteiger partial charge in [-0.2, -0.15) is 0 Å². The van der Waals surface area contributed by atoms with Crippen LogP contribution in [0.15, 0.2) is 46.8 Å². The summed E-state index contributed by atoms with van der Waals surface area (Å²) in [7, 11) is 0. The Balaban J connectivity index is 0.000000400. The minimum atomic E-state index is -0.987. The molecular weight excluding hydrogens is 526 g/mol. The first-order valence-electron chi connectivity index (χ1n) is 13.0. The van der Waals surface area contributed by atoms with Gasteiger partial charge in [-0.25, -0.2) is 18.4 Å². The van der Waals surface area contributed by atoms with Crippen LogP contribution in [0.3, 0.4) is 0 Å². The lowest BCUT2D eigenvalue weighted by atomic mass is 10.0. The number of esters is 2. The molecule has 0 saturated carbocycles. The van der Waals surface area contributed by atoms with E-state index >= 15 is 0 Å². The number of pyridine rings is 2. The van der Waals surface area contributed by atoms with Gasteiger partial charge < -0.3 is 14.3 Å². The van der Waals surface area contributed by atoms with E-state index in [2.05, 4.69) is 6.58 Å². The lowest BCUT2D eigenvalue weighted by Crippen LogP contribution is -2.35. The molecule has 0 amide bonds. The topological polar surface area (TPSA) is 114 Å². The second-order valence-corrected chi connectivity index (χ2v) is 9.56. The molecule has 2 aromatic rings. The molecule has 9 nitrogen and oxygen atoms in total. The third kappa shape index (κ3) is 9.10. The minimum Gasteiger partial charge on any atom is -0.464 e. The average Bonchev–Trinajstić information content (AvgIpc) is 2.86. The van der Waals surface area contributed by atoms with E-state index in [4.69, 9.17) is 9.47 Å². The molecule has 0 aliphatic rings. The standard InChI is InChI=1S/C15H20FNO3.C14H18FNO4/c1-5-7-11-8-12(16)14(18)17(9-11)13(10(3)4)15(19)20-6-2;1-4-20-14(19)12(9(2)3)16-8-10(5-6-17)7-11(15)13(16)18/h5,8-10,13H,1,6-7H2,2-4H3;6-9,12H,4-5H2,1-3H3. The number of ether oxygens (including phenoxy) is 2. The maximum absolute atomic E-state index is 13.7. The molecule has 11 heteroatoms. The fourth-order valence-electron chi connectivity index (χ4n) is 4.01. The Morgan fingerprint density at radius 1 is 0.825 bits per heavy atom. The van der Waals surface area contributed by atoms with Crippen molar-refractivity contribution in [1.29, 1.82) is 0 Å². The molecule has 0 fully saturated rings. The number of hydrogen-bond acceptors (Lipinski definition) is 7. The smallest absolute Gasteiger partial charge is 0.329 e. The Morgan fingerprint density at radius 3 is 1.50 bits per heavy atom. The number of carbonyl (C=O) groups is 3. The van der Waals surface area contributed by atoms with Crippen LogP contribution in [0.2, 0.25) is 0 Å². The summed E-state index contributed by atoms with van der Waals surface area (Å²) < 4.78 is 39.4. The Bertz CT molecular complexity index is 1200. The van der Waals surface area contributed by atoms with Crippen molar-refractivity contribution in [2.75, 3.05) is 13.2 Å². The van der Waals surface area contributed by atoms with Crippen LogP contribution in [0, 0.1) is 23.5 Å². The average molecular weight is 565 g/mol. The number of nitrogens with zero attached hydrogens (tertiary/aromatic N) is 2. The summed E-state index contributed by atoms with van der Waals surface area (Å²) in [6.07, 6.45) is 5.45. The number of allylic oxidation sites excluding steroid dienone is 1. The van der Waals surface area contributed by atoms with Crippen LogP contribution < -0.4 is 11.1 Å². The van der Waals surface area contributed by atoms with E-state index in [1.165, 1.54) is 18.5 Å². The molecule has 0 N–H and O–H groups in total. The molecule has 0 spiro atoms. The normalized spacial score (nSPS) is 12.2. The van der Waals surface area contributed by atoms with Crippen LogP contribution >= 0.6 is 0 Å². The Kier molecular flexibility index (Phi) is 13.9. The molecule has 0 aromatic carbocycles. The van der Waals surface area contributed by atoms with Crippen LogP contribution in [-0.2, 0) is 36.7 Å². The van der Waals surface area contributed by atoms with Gasteiger partial charge in [0.2, 0.25) is 0 Å². The number of aromatic nitrogens is 2. The van der Waals surface area contributed by atoms with Crippen LogP contribution in [0.1, 0.15) is 64.8 Å². The highest BCUT2D eigenvalue weighted by atomic mass is 19.1. The second kappa shape index (κ2) is 16.3. The lowest BCUT2D eigenvalue weighted by molar-refractivity contribution is -0.149. The molecule has 2 aromatic heterocycles. The summed E-state index contributed by atoms with van der Waals surface area (Å²) in [6.45, 7) is 14.3. The zero-order chi connectivity index (χ0) is 30.6. The zero-order valence-electron chi connectivity index (χ0n) is 23.8. The highest BCUT2D eigenvalue weighted by molar-refractivity contribution is 5.75. The van der Waals surface area contributed by atoms with Gasteiger partial charge in [-0.15, -0.1) is 6.58 Å². The van der Waals surface area contributed by atoms with Gasteiger partial charge in [0.25, 0.3) is 11.1 Å². The molecule has 220 valence electrons. The first-order chi connectivity index (χ1) is 18.8. The molecule has 40 heavy (non-hydrogen) atoms. The molecule has 0 radical (unpaired) electrons. The summed E-state index contributed by atoms with van der Waals surface area (Å²) in [5.74, 6) is -3.42. The van der Waals surface area contributed by atoms with Crippen LogP contribution in [0.5, 0.6) is 0 Å². The number of carbonyl (C=O) groups excluding carboxylic acids is 3. The lowest BCUT2D eigenvalue weighted by Gasteiger charge is -2.22. The van der Waals surface area contributed by atoms with Crippen molar-refractivity contribution in [3.8, 4) is 0 Å². The maximum atomic E-state index is 13.7. The Morgan fingerprint density at radius 2 is 1.20 bits per heavy atom. The summed E-state index contributed by atoms with van der Waals surface area (Å²) in [4.78, 5) is 58.3. The highest BCUT2D eigenvalue weighted by Gasteiger charge is 2.28. The van der Waals surface area contributed by atoms with Crippen molar-refractivity contribution in [2.24, 2.45) is 11.8 Å². The third-order valence-corrected chi connectivity index (χ3v) is 5.73. The summed E-state index contributed by atoms with van der Waals surface area (Å²) in [5.41, 5.74) is -0.782. The van der Waals surface area contributed by atoms with Gasteiger partial charge in [0.15, 0.2) is 11.6 Å². The van der Waals surface area contributed by atoms with Crippen molar-refractivity contribution >= 4 is 18.2 Å².